The summed E-state index contributed by atoms with van der Waals surface area (Å²) in [5.41, 5.74) is 0.783. The lowest BCUT2D eigenvalue weighted by Crippen LogP contribution is -2.29. The molecule has 1 aromatic carbocycles. The minimum absolute atomic E-state index is 0.163. The van der Waals surface area contributed by atoms with Crippen molar-refractivity contribution in [3.05, 3.63) is 23.8 Å². The first kappa shape index (κ1) is 17.4. The van der Waals surface area contributed by atoms with E-state index in [1.54, 1.807) is 13.2 Å². The monoisotopic (exact) mass is 349 g/mol. The van der Waals surface area contributed by atoms with Crippen LogP contribution in [0.2, 0.25) is 0 Å². The predicted molar refractivity (Wildman–Crippen MR) is 89.1 cm³/mol. The van der Waals surface area contributed by atoms with Crippen LogP contribution in [0.25, 0.3) is 0 Å². The Morgan fingerprint density at radius 3 is 2.60 bits per heavy atom. The Morgan fingerprint density at radius 2 is 1.96 bits per heavy atom. The van der Waals surface area contributed by atoms with Gasteiger partial charge in [0.1, 0.15) is 0 Å². The van der Waals surface area contributed by atoms with Crippen molar-refractivity contribution in [3.63, 3.8) is 0 Å². The fourth-order valence-corrected chi connectivity index (χ4v) is 3.70. The molecule has 3 atom stereocenters. The van der Waals surface area contributed by atoms with Gasteiger partial charge < -0.3 is 24.6 Å². The van der Waals surface area contributed by atoms with Crippen LogP contribution in [0.1, 0.15) is 44.1 Å². The summed E-state index contributed by atoms with van der Waals surface area (Å²) in [6.45, 7) is 1.83. The number of hydrogen-bond acceptors (Lipinski definition) is 5. The molecule has 1 aliphatic carbocycles. The Labute approximate surface area is 146 Å². The Bertz CT molecular complexity index is 655. The number of carbonyl (C=O) groups is 2. The van der Waals surface area contributed by atoms with Crippen LogP contribution >= 0.6 is 0 Å². The summed E-state index contributed by atoms with van der Waals surface area (Å²) in [7, 11) is 1.58. The molecule has 2 aliphatic rings. The molecule has 0 radical (unpaired) electrons. The van der Waals surface area contributed by atoms with E-state index in [2.05, 4.69) is 5.32 Å². The van der Waals surface area contributed by atoms with Gasteiger partial charge in [0.2, 0.25) is 0 Å². The highest BCUT2D eigenvalue weighted by molar-refractivity contribution is 5.87. The molecule has 2 N–H and O–H groups in total. The summed E-state index contributed by atoms with van der Waals surface area (Å²) < 4.78 is 16.3. The van der Waals surface area contributed by atoms with Gasteiger partial charge in [-0.25, -0.2) is 4.79 Å². The van der Waals surface area contributed by atoms with Gasteiger partial charge in [0.15, 0.2) is 17.6 Å². The first-order valence-corrected chi connectivity index (χ1v) is 8.54. The molecule has 25 heavy (non-hydrogen) atoms. The van der Waals surface area contributed by atoms with Crippen LogP contribution in [-0.2, 0) is 9.53 Å². The number of hydrogen-bond donors (Lipinski definition) is 2. The molecule has 0 spiro atoms. The van der Waals surface area contributed by atoms with Gasteiger partial charge in [0.05, 0.1) is 19.1 Å². The Kier molecular flexibility index (Phi) is 5.01. The normalized spacial score (nSPS) is 26.3. The average molecular weight is 349 g/mol. The second-order valence-corrected chi connectivity index (χ2v) is 6.56. The highest BCUT2D eigenvalue weighted by atomic mass is 16.7. The molecule has 0 bridgehead atoms. The number of methoxy groups -OCH3 is 1. The van der Waals surface area contributed by atoms with Gasteiger partial charge >= 0.3 is 6.16 Å². The SMILES string of the molecule is COc1ccc(C2C(C)NC(=O)C2OC(=O)O)cc1OC1CCCC1. The fraction of sp³-hybridized carbons (Fsp3) is 0.556. The minimum atomic E-state index is -1.46. The summed E-state index contributed by atoms with van der Waals surface area (Å²) in [6, 6.07) is 5.19. The van der Waals surface area contributed by atoms with E-state index >= 15 is 0 Å². The van der Waals surface area contributed by atoms with E-state index in [0.29, 0.717) is 11.5 Å². The van der Waals surface area contributed by atoms with Crippen LogP contribution in [-0.4, -0.2) is 42.5 Å². The van der Waals surface area contributed by atoms with Gasteiger partial charge in [-0.3, -0.25) is 4.79 Å². The maximum Gasteiger partial charge on any atom is 0.506 e. The Morgan fingerprint density at radius 1 is 1.24 bits per heavy atom. The number of rotatable bonds is 5. The lowest BCUT2D eigenvalue weighted by Gasteiger charge is -2.22. The third kappa shape index (κ3) is 3.65. The van der Waals surface area contributed by atoms with E-state index in [9.17, 15) is 9.59 Å². The molecule has 1 amide bonds. The topological polar surface area (TPSA) is 94.1 Å². The first-order chi connectivity index (χ1) is 12.0. The van der Waals surface area contributed by atoms with Gasteiger partial charge in [0.25, 0.3) is 5.91 Å². The summed E-state index contributed by atoms with van der Waals surface area (Å²) in [5.74, 6) is 0.401. The molecule has 1 heterocycles. The zero-order valence-corrected chi connectivity index (χ0v) is 14.4. The van der Waals surface area contributed by atoms with Gasteiger partial charge in [-0.1, -0.05) is 6.07 Å². The lowest BCUT2D eigenvalue weighted by atomic mass is 9.90. The predicted octanol–water partition coefficient (Wildman–Crippen LogP) is 2.68. The quantitative estimate of drug-likeness (QED) is 0.794. The van der Waals surface area contributed by atoms with Crippen LogP contribution in [0, 0.1) is 0 Å². The number of carbonyl (C=O) groups excluding carboxylic acids is 1. The van der Waals surface area contributed by atoms with Crippen LogP contribution in [0.5, 0.6) is 11.5 Å². The van der Waals surface area contributed by atoms with E-state index in [1.165, 1.54) is 0 Å². The van der Waals surface area contributed by atoms with Crippen LogP contribution in [0.4, 0.5) is 4.79 Å². The van der Waals surface area contributed by atoms with E-state index in [1.807, 2.05) is 19.1 Å². The maximum absolute atomic E-state index is 12.0. The molecule has 1 saturated carbocycles. The maximum atomic E-state index is 12.0. The highest BCUT2D eigenvalue weighted by Crippen LogP contribution is 2.38. The van der Waals surface area contributed by atoms with Gasteiger partial charge in [-0.05, 0) is 50.3 Å². The molecule has 3 unspecified atom stereocenters. The highest BCUT2D eigenvalue weighted by Gasteiger charge is 2.44. The smallest absolute Gasteiger partial charge is 0.493 e. The molecule has 3 rings (SSSR count). The van der Waals surface area contributed by atoms with Crippen molar-refractivity contribution >= 4 is 12.1 Å². The van der Waals surface area contributed by atoms with Crippen molar-refractivity contribution in [1.29, 1.82) is 0 Å². The Balaban J connectivity index is 1.89. The molecule has 7 nitrogen and oxygen atoms in total. The largest absolute Gasteiger partial charge is 0.506 e. The molecule has 2 fully saturated rings. The first-order valence-electron chi connectivity index (χ1n) is 8.54. The summed E-state index contributed by atoms with van der Waals surface area (Å²) >= 11 is 0. The van der Waals surface area contributed by atoms with Crippen molar-refractivity contribution in [2.75, 3.05) is 7.11 Å². The van der Waals surface area contributed by atoms with E-state index in [-0.39, 0.29) is 12.1 Å². The van der Waals surface area contributed by atoms with Crippen LogP contribution in [0.15, 0.2) is 18.2 Å². The van der Waals surface area contributed by atoms with Crippen molar-refractivity contribution < 1.29 is 28.9 Å². The van der Waals surface area contributed by atoms with Crippen molar-refractivity contribution in [2.45, 2.75) is 56.8 Å². The van der Waals surface area contributed by atoms with Crippen molar-refractivity contribution in [1.82, 2.24) is 5.32 Å². The standard InChI is InChI=1S/C18H23NO6/c1-10-15(16(17(20)19-10)25-18(21)22)11-7-8-13(23-2)14(9-11)24-12-5-3-4-6-12/h7-10,12,15-16H,3-6H2,1-2H3,(H,19,20)(H,21,22). The van der Waals surface area contributed by atoms with Crippen LogP contribution in [0.3, 0.4) is 0 Å². The number of amides is 1. The Hall–Kier alpha value is -2.44. The molecule has 1 saturated heterocycles. The number of ether oxygens (including phenoxy) is 3. The number of carboxylic acid groups (broad SMARTS) is 1. The van der Waals surface area contributed by atoms with Crippen molar-refractivity contribution in [3.8, 4) is 11.5 Å². The fourth-order valence-electron chi connectivity index (χ4n) is 3.70. The van der Waals surface area contributed by atoms with Crippen LogP contribution < -0.4 is 14.8 Å². The summed E-state index contributed by atoms with van der Waals surface area (Å²) in [6.07, 6.45) is 1.96. The zero-order chi connectivity index (χ0) is 18.0. The third-order valence-electron chi connectivity index (χ3n) is 4.89. The molecule has 0 aromatic heterocycles. The zero-order valence-electron chi connectivity index (χ0n) is 14.4. The van der Waals surface area contributed by atoms with E-state index in [4.69, 9.17) is 19.3 Å². The molecule has 1 aliphatic heterocycles. The third-order valence-corrected chi connectivity index (χ3v) is 4.89. The second kappa shape index (κ2) is 7.21. The average Bonchev–Trinajstić information content (AvgIpc) is 3.15. The summed E-state index contributed by atoms with van der Waals surface area (Å²) in [4.78, 5) is 23.0. The van der Waals surface area contributed by atoms with E-state index < -0.39 is 24.1 Å². The lowest BCUT2D eigenvalue weighted by molar-refractivity contribution is -0.127. The van der Waals surface area contributed by atoms with Gasteiger partial charge in [-0.2, -0.15) is 0 Å². The minimum Gasteiger partial charge on any atom is -0.493 e. The molecule has 7 heteroatoms. The number of nitrogens with one attached hydrogen (secondary N) is 1. The molecular formula is C18H23NO6. The van der Waals surface area contributed by atoms with Gasteiger partial charge in [0, 0.05) is 6.04 Å². The molecule has 1 aromatic rings. The molecule has 136 valence electrons. The second-order valence-electron chi connectivity index (χ2n) is 6.56. The molecular weight excluding hydrogens is 326 g/mol. The number of benzene rings is 1. The summed E-state index contributed by atoms with van der Waals surface area (Å²) in [5, 5.41) is 11.7. The van der Waals surface area contributed by atoms with Gasteiger partial charge in [-0.15, -0.1) is 0 Å². The van der Waals surface area contributed by atoms with E-state index in [0.717, 1.165) is 31.2 Å². The van der Waals surface area contributed by atoms with Crippen molar-refractivity contribution in [2.24, 2.45) is 0 Å².